The average molecular weight is 317 g/mol. The Labute approximate surface area is 138 Å². The molecular weight excluding hydrogens is 290 g/mol. The second kappa shape index (κ2) is 8.56. The summed E-state index contributed by atoms with van der Waals surface area (Å²) in [6.45, 7) is 5.37. The molecule has 0 bridgehead atoms. The van der Waals surface area contributed by atoms with Gasteiger partial charge in [-0.1, -0.05) is 43.7 Å². The van der Waals surface area contributed by atoms with E-state index in [0.29, 0.717) is 13.1 Å². The summed E-state index contributed by atoms with van der Waals surface area (Å²) >= 11 is 0. The lowest BCUT2D eigenvalue weighted by molar-refractivity contribution is -0.125. The molecule has 0 radical (unpaired) electrons. The monoisotopic (exact) mass is 317 g/mol. The Balaban J connectivity index is 1.91. The lowest BCUT2D eigenvalue weighted by Gasteiger charge is -2.26. The van der Waals surface area contributed by atoms with Gasteiger partial charge in [-0.15, -0.1) is 0 Å². The van der Waals surface area contributed by atoms with E-state index in [0.717, 1.165) is 31.2 Å². The maximum Gasteiger partial charge on any atom is 0.318 e. The van der Waals surface area contributed by atoms with Crippen LogP contribution in [0.3, 0.4) is 0 Å². The fraction of sp³-hybridized carbons (Fsp3) is 0.556. The summed E-state index contributed by atoms with van der Waals surface area (Å²) in [6.07, 6.45) is 3.60. The van der Waals surface area contributed by atoms with Crippen molar-refractivity contribution < 1.29 is 9.59 Å². The van der Waals surface area contributed by atoms with Crippen LogP contribution in [0, 0.1) is 0 Å². The second-order valence-corrected chi connectivity index (χ2v) is 6.08. The molecule has 1 saturated heterocycles. The summed E-state index contributed by atoms with van der Waals surface area (Å²) in [5.74, 6) is -0.0653. The Morgan fingerprint density at radius 2 is 2.04 bits per heavy atom. The molecule has 2 N–H and O–H groups in total. The van der Waals surface area contributed by atoms with Crippen LogP contribution in [0.1, 0.15) is 51.1 Å². The number of urea groups is 1. The van der Waals surface area contributed by atoms with Crippen molar-refractivity contribution >= 4 is 11.9 Å². The number of hydrogen-bond acceptors (Lipinski definition) is 2. The van der Waals surface area contributed by atoms with Gasteiger partial charge < -0.3 is 15.5 Å². The van der Waals surface area contributed by atoms with E-state index in [4.69, 9.17) is 0 Å². The van der Waals surface area contributed by atoms with E-state index in [2.05, 4.69) is 17.6 Å². The molecule has 0 saturated carbocycles. The molecule has 2 rings (SSSR count). The highest BCUT2D eigenvalue weighted by Gasteiger charge is 2.34. The maximum atomic E-state index is 12.5. The molecule has 1 aliphatic heterocycles. The highest BCUT2D eigenvalue weighted by molar-refractivity contribution is 5.87. The van der Waals surface area contributed by atoms with Crippen LogP contribution in [0.4, 0.5) is 4.79 Å². The summed E-state index contributed by atoms with van der Waals surface area (Å²) in [5, 5.41) is 5.93. The molecule has 3 amide bonds. The average Bonchev–Trinajstić information content (AvgIpc) is 3.05. The van der Waals surface area contributed by atoms with Gasteiger partial charge in [0.2, 0.25) is 5.91 Å². The molecule has 5 heteroatoms. The van der Waals surface area contributed by atoms with Gasteiger partial charge in [0.15, 0.2) is 0 Å². The zero-order valence-corrected chi connectivity index (χ0v) is 14.0. The van der Waals surface area contributed by atoms with E-state index >= 15 is 0 Å². The predicted molar refractivity (Wildman–Crippen MR) is 91.0 cm³/mol. The normalized spacial score (nSPS) is 18.5. The highest BCUT2D eigenvalue weighted by atomic mass is 16.2. The number of hydrogen-bond donors (Lipinski definition) is 2. The number of benzene rings is 1. The van der Waals surface area contributed by atoms with Gasteiger partial charge in [0.05, 0.1) is 6.04 Å². The number of carbonyl (C=O) groups is 2. The first kappa shape index (κ1) is 17.3. The summed E-state index contributed by atoms with van der Waals surface area (Å²) < 4.78 is 0. The van der Waals surface area contributed by atoms with Gasteiger partial charge in [-0.2, -0.15) is 0 Å². The van der Waals surface area contributed by atoms with Crippen molar-refractivity contribution in [2.24, 2.45) is 0 Å². The van der Waals surface area contributed by atoms with Crippen molar-refractivity contribution in [1.82, 2.24) is 15.5 Å². The minimum absolute atomic E-state index is 0.0608. The van der Waals surface area contributed by atoms with E-state index in [1.807, 2.05) is 37.3 Å². The van der Waals surface area contributed by atoms with Crippen molar-refractivity contribution in [1.29, 1.82) is 0 Å². The molecule has 1 aromatic rings. The molecule has 1 aromatic carbocycles. The number of carbonyl (C=O) groups excluding carboxylic acids is 2. The van der Waals surface area contributed by atoms with Crippen LogP contribution in [0.25, 0.3) is 0 Å². The lowest BCUT2D eigenvalue weighted by atomic mass is 10.1. The molecule has 2 unspecified atom stereocenters. The summed E-state index contributed by atoms with van der Waals surface area (Å²) in [6, 6.07) is 9.32. The highest BCUT2D eigenvalue weighted by Crippen LogP contribution is 2.19. The quantitative estimate of drug-likeness (QED) is 0.793. The van der Waals surface area contributed by atoms with Crippen molar-refractivity contribution in [2.45, 2.75) is 51.6 Å². The molecular formula is C18H27N3O2. The molecule has 5 nitrogen and oxygen atoms in total. The van der Waals surface area contributed by atoms with Crippen molar-refractivity contribution in [2.75, 3.05) is 13.1 Å². The van der Waals surface area contributed by atoms with E-state index in [9.17, 15) is 9.59 Å². The number of rotatable bonds is 6. The number of unbranched alkanes of at least 4 members (excludes halogenated alkanes) is 1. The fourth-order valence-corrected chi connectivity index (χ4v) is 2.89. The first-order valence-electron chi connectivity index (χ1n) is 8.53. The SMILES string of the molecule is CCCCNC(=O)N1CCCC1C(=O)NC(C)c1ccccc1. The lowest BCUT2D eigenvalue weighted by Crippen LogP contribution is -2.50. The number of nitrogens with one attached hydrogen (secondary N) is 2. The van der Waals surface area contributed by atoms with Gasteiger partial charge in [0.1, 0.15) is 6.04 Å². The van der Waals surface area contributed by atoms with Crippen molar-refractivity contribution in [3.63, 3.8) is 0 Å². The largest absolute Gasteiger partial charge is 0.348 e. The smallest absolute Gasteiger partial charge is 0.318 e. The number of likely N-dealkylation sites (tertiary alicyclic amines) is 1. The number of nitrogens with zero attached hydrogens (tertiary/aromatic N) is 1. The Morgan fingerprint density at radius 1 is 1.30 bits per heavy atom. The third-order valence-electron chi connectivity index (χ3n) is 4.28. The maximum absolute atomic E-state index is 12.5. The Hall–Kier alpha value is -2.04. The van der Waals surface area contributed by atoms with Crippen LogP contribution < -0.4 is 10.6 Å². The van der Waals surface area contributed by atoms with E-state index in [1.165, 1.54) is 0 Å². The van der Waals surface area contributed by atoms with Crippen LogP contribution in [0.5, 0.6) is 0 Å². The van der Waals surface area contributed by atoms with Crippen LogP contribution in [0.2, 0.25) is 0 Å². The van der Waals surface area contributed by atoms with Gasteiger partial charge in [0.25, 0.3) is 0 Å². The van der Waals surface area contributed by atoms with E-state index in [-0.39, 0.29) is 24.0 Å². The van der Waals surface area contributed by atoms with Crippen LogP contribution in [-0.4, -0.2) is 36.0 Å². The molecule has 0 aliphatic carbocycles. The molecule has 0 aromatic heterocycles. The Bertz CT molecular complexity index is 518. The number of amides is 3. The van der Waals surface area contributed by atoms with E-state index < -0.39 is 0 Å². The first-order chi connectivity index (χ1) is 11.1. The topological polar surface area (TPSA) is 61.4 Å². The van der Waals surface area contributed by atoms with Crippen molar-refractivity contribution in [3.05, 3.63) is 35.9 Å². The second-order valence-electron chi connectivity index (χ2n) is 6.08. The first-order valence-corrected chi connectivity index (χ1v) is 8.53. The molecule has 1 fully saturated rings. The summed E-state index contributed by atoms with van der Waals surface area (Å²) in [4.78, 5) is 26.4. The zero-order chi connectivity index (χ0) is 16.7. The molecule has 126 valence electrons. The van der Waals surface area contributed by atoms with Crippen LogP contribution >= 0.6 is 0 Å². The van der Waals surface area contributed by atoms with Crippen molar-refractivity contribution in [3.8, 4) is 0 Å². The van der Waals surface area contributed by atoms with Gasteiger partial charge in [-0.3, -0.25) is 4.79 Å². The van der Waals surface area contributed by atoms with Gasteiger partial charge in [-0.05, 0) is 31.7 Å². The molecule has 23 heavy (non-hydrogen) atoms. The van der Waals surface area contributed by atoms with Crippen LogP contribution in [-0.2, 0) is 4.79 Å². The Morgan fingerprint density at radius 3 is 2.74 bits per heavy atom. The van der Waals surface area contributed by atoms with Gasteiger partial charge in [0, 0.05) is 13.1 Å². The summed E-state index contributed by atoms with van der Waals surface area (Å²) in [5.41, 5.74) is 1.07. The molecule has 0 spiro atoms. The molecule has 1 heterocycles. The summed E-state index contributed by atoms with van der Waals surface area (Å²) in [7, 11) is 0. The predicted octanol–water partition coefficient (Wildman–Crippen LogP) is 2.84. The fourth-order valence-electron chi connectivity index (χ4n) is 2.89. The Kier molecular flexibility index (Phi) is 6.44. The zero-order valence-electron chi connectivity index (χ0n) is 14.0. The third-order valence-corrected chi connectivity index (χ3v) is 4.28. The molecule has 2 atom stereocenters. The minimum Gasteiger partial charge on any atom is -0.348 e. The standard InChI is InChI=1S/C18H27N3O2/c1-3-4-12-19-18(23)21-13-8-11-16(21)17(22)20-14(2)15-9-6-5-7-10-15/h5-7,9-10,14,16H,3-4,8,11-13H2,1-2H3,(H,19,23)(H,20,22). The van der Waals surface area contributed by atoms with Gasteiger partial charge >= 0.3 is 6.03 Å². The molecule has 1 aliphatic rings. The third kappa shape index (κ3) is 4.71. The van der Waals surface area contributed by atoms with Crippen LogP contribution in [0.15, 0.2) is 30.3 Å². The van der Waals surface area contributed by atoms with Gasteiger partial charge in [-0.25, -0.2) is 4.79 Å². The van der Waals surface area contributed by atoms with E-state index in [1.54, 1.807) is 4.90 Å². The minimum atomic E-state index is -0.359.